The van der Waals surface area contributed by atoms with E-state index in [0.29, 0.717) is 19.4 Å². The molecule has 4 rings (SSSR count). The van der Waals surface area contributed by atoms with Crippen LogP contribution in [0.15, 0.2) is 24.8 Å². The Morgan fingerprint density at radius 2 is 1.89 bits per heavy atom. The van der Waals surface area contributed by atoms with Crippen LogP contribution in [0.3, 0.4) is 0 Å². The van der Waals surface area contributed by atoms with Crippen molar-refractivity contribution in [3.8, 4) is 0 Å². The number of carbonyl (C=O) groups is 3. The average Bonchev–Trinajstić information content (AvgIpc) is 3.22. The lowest BCUT2D eigenvalue weighted by molar-refractivity contribution is -0.191. The van der Waals surface area contributed by atoms with E-state index in [0.717, 1.165) is 32.2 Å². The van der Waals surface area contributed by atoms with Gasteiger partial charge in [0.05, 0.1) is 12.0 Å². The normalized spacial score (nSPS) is 45.7. The van der Waals surface area contributed by atoms with Gasteiger partial charge in [-0.3, -0.25) is 14.9 Å². The predicted molar refractivity (Wildman–Crippen MR) is 147 cm³/mol. The minimum absolute atomic E-state index is 0.0913. The van der Waals surface area contributed by atoms with Gasteiger partial charge >= 0.3 is 6.09 Å². The molecule has 7 heteroatoms. The largest absolute Gasteiger partial charge is 0.445 e. The van der Waals surface area contributed by atoms with Crippen LogP contribution in [-0.4, -0.2) is 60.1 Å². The minimum Gasteiger partial charge on any atom is -0.445 e. The summed E-state index contributed by atoms with van der Waals surface area (Å²) in [4.78, 5) is 42.2. The van der Waals surface area contributed by atoms with Crippen molar-refractivity contribution in [2.45, 2.75) is 85.4 Å². The molecule has 10 atom stereocenters. The van der Waals surface area contributed by atoms with Crippen LogP contribution in [0.1, 0.15) is 73.1 Å². The van der Waals surface area contributed by atoms with Crippen LogP contribution in [0.25, 0.3) is 0 Å². The Hall–Kier alpha value is -1.99. The number of aliphatic hydroxyl groups is 1. The van der Waals surface area contributed by atoms with Gasteiger partial charge in [-0.15, -0.1) is 0 Å². The highest BCUT2D eigenvalue weighted by molar-refractivity contribution is 5.93. The van der Waals surface area contributed by atoms with E-state index < -0.39 is 29.1 Å². The van der Waals surface area contributed by atoms with Crippen molar-refractivity contribution in [2.75, 3.05) is 20.1 Å². The number of likely N-dealkylation sites (tertiary alicyclic amines) is 1. The van der Waals surface area contributed by atoms with Crippen LogP contribution in [0.5, 0.6) is 0 Å². The third-order valence-electron chi connectivity index (χ3n) is 11.4. The average molecular weight is 529 g/mol. The van der Waals surface area contributed by atoms with Crippen LogP contribution in [-0.2, 0) is 14.3 Å². The highest BCUT2D eigenvalue weighted by Crippen LogP contribution is 2.68. The number of ketones is 1. The second-order valence-corrected chi connectivity index (χ2v) is 13.5. The fourth-order valence-electron chi connectivity index (χ4n) is 8.68. The van der Waals surface area contributed by atoms with Gasteiger partial charge in [-0.05, 0) is 68.9 Å². The van der Waals surface area contributed by atoms with Crippen molar-refractivity contribution in [1.82, 2.24) is 10.2 Å². The third kappa shape index (κ3) is 4.68. The molecule has 2 N–H and O–H groups in total. The summed E-state index contributed by atoms with van der Waals surface area (Å²) in [5.41, 5.74) is -1.65. The van der Waals surface area contributed by atoms with Crippen molar-refractivity contribution < 1.29 is 24.2 Å². The zero-order valence-electron chi connectivity index (χ0n) is 24.2. The van der Waals surface area contributed by atoms with E-state index in [9.17, 15) is 19.5 Å². The van der Waals surface area contributed by atoms with E-state index in [2.05, 4.69) is 37.6 Å². The van der Waals surface area contributed by atoms with Crippen LogP contribution < -0.4 is 5.32 Å². The van der Waals surface area contributed by atoms with Crippen LogP contribution in [0, 0.1) is 45.8 Å². The zero-order chi connectivity index (χ0) is 28.0. The summed E-state index contributed by atoms with van der Waals surface area (Å²) in [6.07, 6.45) is 7.66. The molecule has 1 aliphatic heterocycles. The van der Waals surface area contributed by atoms with Crippen LogP contribution in [0.4, 0.5) is 4.79 Å². The molecule has 4 fully saturated rings. The lowest BCUT2D eigenvalue weighted by Gasteiger charge is -2.61. The molecule has 1 heterocycles. The molecule has 2 amide bonds. The topological polar surface area (TPSA) is 95.9 Å². The smallest absolute Gasteiger partial charge is 0.414 e. The fourth-order valence-corrected chi connectivity index (χ4v) is 8.68. The lowest BCUT2D eigenvalue weighted by Crippen LogP contribution is -2.63. The maximum atomic E-state index is 13.6. The number of carbonyl (C=O) groups excluding carboxylic acids is 3. The first-order valence-electron chi connectivity index (χ1n) is 14.5. The van der Waals surface area contributed by atoms with Crippen LogP contribution >= 0.6 is 0 Å². The fraction of sp³-hybridized carbons (Fsp3) is 0.774. The molecule has 3 aliphatic carbocycles. The van der Waals surface area contributed by atoms with E-state index in [4.69, 9.17) is 4.74 Å². The van der Waals surface area contributed by atoms with E-state index in [1.54, 1.807) is 6.08 Å². The summed E-state index contributed by atoms with van der Waals surface area (Å²) in [6, 6.07) is 0. The number of nitrogens with zero attached hydrogens (tertiary/aromatic N) is 1. The summed E-state index contributed by atoms with van der Waals surface area (Å²) in [5, 5.41) is 14.4. The summed E-state index contributed by atoms with van der Waals surface area (Å²) in [5.74, 6) is -0.447. The Labute approximate surface area is 228 Å². The molecule has 0 aromatic heterocycles. The third-order valence-corrected chi connectivity index (χ3v) is 11.4. The van der Waals surface area contributed by atoms with E-state index in [-0.39, 0.29) is 46.7 Å². The second-order valence-electron chi connectivity index (χ2n) is 13.5. The first kappa shape index (κ1) is 29.0. The van der Waals surface area contributed by atoms with Crippen molar-refractivity contribution in [2.24, 2.45) is 45.8 Å². The molecule has 7 nitrogen and oxygen atoms in total. The molecule has 0 aromatic rings. The Balaban J connectivity index is 1.70. The number of ether oxygens (including phenoxy) is 1. The number of rotatable bonds is 4. The minimum atomic E-state index is -0.756. The highest BCUT2D eigenvalue weighted by Gasteiger charge is 2.68. The molecule has 2 bridgehead atoms. The van der Waals surface area contributed by atoms with E-state index >= 15 is 0 Å². The Morgan fingerprint density at radius 1 is 1.18 bits per heavy atom. The van der Waals surface area contributed by atoms with Gasteiger partial charge in [0.25, 0.3) is 0 Å². The number of hydrogen-bond donors (Lipinski definition) is 2. The Bertz CT molecular complexity index is 995. The Morgan fingerprint density at radius 3 is 2.58 bits per heavy atom. The molecular weight excluding hydrogens is 480 g/mol. The highest BCUT2D eigenvalue weighted by atomic mass is 16.6. The number of Topliss-reactive ketones (excluding diaryl/α,β-unsaturated/α-hetero) is 1. The molecular formula is C31H48N2O5. The van der Waals surface area contributed by atoms with Crippen molar-refractivity contribution >= 4 is 17.8 Å². The summed E-state index contributed by atoms with van der Waals surface area (Å²) in [6.45, 7) is 15.8. The van der Waals surface area contributed by atoms with Gasteiger partial charge in [0, 0.05) is 29.7 Å². The molecule has 0 radical (unpaired) electrons. The molecule has 0 aromatic carbocycles. The number of aliphatic hydroxyl groups excluding tert-OH is 1. The number of alkyl carbamates (subject to hydrolysis) is 1. The molecule has 38 heavy (non-hydrogen) atoms. The standard InChI is InChI=1S/C31H48N2O5/c1-8-9-13-29(5)17-24(38-28(37)32-27(36)22-18-33(7)16-12-19(22)2)30(6)20(3)10-14-31(21(4)26(29)35)15-11-23(34)25(30)31/h8-9,13,19-22,24-26,35H,1,10-12,14-18H2,2-7H3,(H,32,36,37)/b13-9+/t19-,20+,21-,22-,24+,25?,26-,29+,30-,31?/m0/s1. The van der Waals surface area contributed by atoms with Gasteiger partial charge in [0.2, 0.25) is 5.91 Å². The maximum Gasteiger partial charge on any atom is 0.414 e. The first-order valence-corrected chi connectivity index (χ1v) is 14.5. The second kappa shape index (κ2) is 10.5. The Kier molecular flexibility index (Phi) is 8.04. The molecule has 2 unspecified atom stereocenters. The number of nitrogens with one attached hydrogen (secondary N) is 1. The number of allylic oxidation sites excluding steroid dienone is 2. The van der Waals surface area contributed by atoms with Crippen LogP contribution in [0.2, 0.25) is 0 Å². The summed E-state index contributed by atoms with van der Waals surface area (Å²) >= 11 is 0. The van der Waals surface area contributed by atoms with Gasteiger partial charge < -0.3 is 14.7 Å². The van der Waals surface area contributed by atoms with Crippen molar-refractivity contribution in [1.29, 1.82) is 0 Å². The van der Waals surface area contributed by atoms with Crippen molar-refractivity contribution in [3.63, 3.8) is 0 Å². The van der Waals surface area contributed by atoms with Gasteiger partial charge in [-0.1, -0.05) is 59.4 Å². The van der Waals surface area contributed by atoms with E-state index in [1.807, 2.05) is 33.0 Å². The number of hydrogen-bond acceptors (Lipinski definition) is 6. The summed E-state index contributed by atoms with van der Waals surface area (Å²) in [7, 11) is 1.99. The molecule has 1 saturated heterocycles. The molecule has 3 saturated carbocycles. The van der Waals surface area contributed by atoms with Gasteiger partial charge in [0.15, 0.2) is 0 Å². The SMILES string of the molecule is C=C/C=C/[C@]1(C)C[C@@H](OC(=O)NC(=O)[C@H]2CN(C)CC[C@@H]2C)[C@@]2(C)C3C(=O)CCC3(CC[C@H]2C)[C@@H](C)[C@@H]1O. The summed E-state index contributed by atoms with van der Waals surface area (Å²) < 4.78 is 6.21. The van der Waals surface area contributed by atoms with Gasteiger partial charge in [0.1, 0.15) is 11.9 Å². The number of piperidine rings is 1. The molecule has 0 spiro atoms. The van der Waals surface area contributed by atoms with Gasteiger partial charge in [-0.25, -0.2) is 4.79 Å². The molecule has 212 valence electrons. The zero-order valence-corrected chi connectivity index (χ0v) is 24.2. The monoisotopic (exact) mass is 528 g/mol. The number of amides is 2. The molecule has 4 aliphatic rings. The maximum absolute atomic E-state index is 13.6. The number of imide groups is 1. The van der Waals surface area contributed by atoms with Gasteiger partial charge in [-0.2, -0.15) is 0 Å². The first-order chi connectivity index (χ1) is 17.8. The predicted octanol–water partition coefficient (Wildman–Crippen LogP) is 4.75. The lowest BCUT2D eigenvalue weighted by atomic mass is 9.44. The van der Waals surface area contributed by atoms with Crippen molar-refractivity contribution in [3.05, 3.63) is 24.8 Å². The quantitative estimate of drug-likeness (QED) is 0.512. The van der Waals surface area contributed by atoms with E-state index in [1.165, 1.54) is 0 Å².